The Balaban J connectivity index is 2.75. The fourth-order valence-electron chi connectivity index (χ4n) is 1.66. The molecule has 86 valence electrons. The van der Waals surface area contributed by atoms with Gasteiger partial charge in [0.25, 0.3) is 0 Å². The molecule has 0 aromatic heterocycles. The first-order valence-electron chi connectivity index (χ1n) is 4.86. The highest BCUT2D eigenvalue weighted by Gasteiger charge is 2.39. The van der Waals surface area contributed by atoms with Crippen molar-refractivity contribution < 1.29 is 19.8 Å². The van der Waals surface area contributed by atoms with E-state index in [2.05, 4.69) is 5.32 Å². The van der Waals surface area contributed by atoms with E-state index < -0.39 is 24.2 Å². The molecule has 3 N–H and O–H groups in total. The number of hydrogen-bond donors (Lipinski definition) is 3. The third-order valence-corrected chi connectivity index (χ3v) is 2.65. The average molecular weight is 216 g/mol. The Morgan fingerprint density at radius 3 is 2.60 bits per heavy atom. The van der Waals surface area contributed by atoms with E-state index in [0.717, 1.165) is 0 Å². The highest BCUT2D eigenvalue weighted by Crippen LogP contribution is 2.18. The van der Waals surface area contributed by atoms with E-state index in [-0.39, 0.29) is 18.9 Å². The lowest BCUT2D eigenvalue weighted by atomic mass is 10.2. The zero-order chi connectivity index (χ0) is 11.6. The highest BCUT2D eigenvalue weighted by molar-refractivity contribution is 5.87. The molecule has 0 radical (unpaired) electrons. The predicted molar refractivity (Wildman–Crippen MR) is 52.3 cm³/mol. The summed E-state index contributed by atoms with van der Waals surface area (Å²) in [5.41, 5.74) is 0. The van der Waals surface area contributed by atoms with Gasteiger partial charge in [-0.1, -0.05) is 0 Å². The zero-order valence-electron chi connectivity index (χ0n) is 8.80. The van der Waals surface area contributed by atoms with Gasteiger partial charge in [0, 0.05) is 13.0 Å². The average Bonchev–Trinajstić information content (AvgIpc) is 2.58. The number of aliphatic hydroxyl groups excluding tert-OH is 1. The van der Waals surface area contributed by atoms with Gasteiger partial charge in [-0.15, -0.1) is 0 Å². The number of rotatable bonds is 3. The molecule has 1 aliphatic rings. The lowest BCUT2D eigenvalue weighted by molar-refractivity contribution is -0.148. The van der Waals surface area contributed by atoms with E-state index in [0.29, 0.717) is 0 Å². The van der Waals surface area contributed by atoms with Crippen LogP contribution >= 0.6 is 0 Å². The first-order chi connectivity index (χ1) is 6.97. The number of β-amino-alcohol motifs (C(OH)–C–C–N with tert-alkyl or cyclic N) is 1. The molecule has 1 aliphatic heterocycles. The van der Waals surface area contributed by atoms with Gasteiger partial charge in [0.1, 0.15) is 6.04 Å². The van der Waals surface area contributed by atoms with Gasteiger partial charge in [-0.2, -0.15) is 0 Å². The summed E-state index contributed by atoms with van der Waals surface area (Å²) in [6.45, 7) is 1.76. The van der Waals surface area contributed by atoms with Crippen molar-refractivity contribution in [3.05, 3.63) is 0 Å². The third kappa shape index (κ3) is 2.45. The summed E-state index contributed by atoms with van der Waals surface area (Å²) >= 11 is 0. The minimum atomic E-state index is -1.07. The number of aliphatic hydroxyl groups is 1. The number of likely N-dealkylation sites (tertiary alicyclic amines) is 1. The predicted octanol–water partition coefficient (Wildman–Crippen LogP) is -1.36. The van der Waals surface area contributed by atoms with Crippen LogP contribution in [0.3, 0.4) is 0 Å². The largest absolute Gasteiger partial charge is 0.480 e. The van der Waals surface area contributed by atoms with Crippen LogP contribution in [0.5, 0.6) is 0 Å². The number of nitrogens with zero attached hydrogens (tertiary/aromatic N) is 1. The molecule has 1 fully saturated rings. The highest BCUT2D eigenvalue weighted by atomic mass is 16.4. The molecule has 1 saturated heterocycles. The van der Waals surface area contributed by atoms with E-state index in [4.69, 9.17) is 5.11 Å². The number of carbonyl (C=O) groups is 2. The molecule has 6 heteroatoms. The van der Waals surface area contributed by atoms with Gasteiger partial charge < -0.3 is 20.4 Å². The summed E-state index contributed by atoms with van der Waals surface area (Å²) in [6.07, 6.45) is -0.628. The van der Waals surface area contributed by atoms with Crippen molar-refractivity contribution in [3.8, 4) is 0 Å². The van der Waals surface area contributed by atoms with Crippen molar-refractivity contribution >= 4 is 11.9 Å². The molecule has 0 saturated carbocycles. The summed E-state index contributed by atoms with van der Waals surface area (Å²) < 4.78 is 0. The maximum atomic E-state index is 11.7. The Kier molecular flexibility index (Phi) is 3.65. The number of nitrogens with one attached hydrogen (secondary N) is 1. The van der Waals surface area contributed by atoms with E-state index >= 15 is 0 Å². The molecular weight excluding hydrogens is 200 g/mol. The van der Waals surface area contributed by atoms with Crippen LogP contribution in [0.4, 0.5) is 0 Å². The minimum absolute atomic E-state index is 0.0990. The molecule has 1 unspecified atom stereocenters. The summed E-state index contributed by atoms with van der Waals surface area (Å²) in [5.74, 6) is -1.36. The fourth-order valence-corrected chi connectivity index (χ4v) is 1.66. The van der Waals surface area contributed by atoms with Gasteiger partial charge in [-0.05, 0) is 14.0 Å². The minimum Gasteiger partial charge on any atom is -0.480 e. The molecule has 1 amide bonds. The SMILES string of the molecule is CNC(C)C(=O)N1C[C@H](O)C[C@H]1C(=O)O. The molecule has 0 spiro atoms. The maximum Gasteiger partial charge on any atom is 0.326 e. The number of carboxylic acids is 1. The van der Waals surface area contributed by atoms with Crippen LogP contribution in [0.25, 0.3) is 0 Å². The van der Waals surface area contributed by atoms with Crippen LogP contribution in [0.2, 0.25) is 0 Å². The van der Waals surface area contributed by atoms with Crippen molar-refractivity contribution in [1.29, 1.82) is 0 Å². The maximum absolute atomic E-state index is 11.7. The van der Waals surface area contributed by atoms with Crippen molar-refractivity contribution in [3.63, 3.8) is 0 Å². The molecule has 1 rings (SSSR count). The first-order valence-corrected chi connectivity index (χ1v) is 4.86. The first kappa shape index (κ1) is 11.9. The lowest BCUT2D eigenvalue weighted by Gasteiger charge is -2.24. The number of amides is 1. The molecular formula is C9H16N2O4. The van der Waals surface area contributed by atoms with Crippen LogP contribution in [0.1, 0.15) is 13.3 Å². The number of carboxylic acid groups (broad SMARTS) is 1. The second-order valence-corrected chi connectivity index (χ2v) is 3.74. The molecule has 6 nitrogen and oxygen atoms in total. The monoisotopic (exact) mass is 216 g/mol. The Labute approximate surface area is 87.9 Å². The van der Waals surface area contributed by atoms with Gasteiger partial charge in [-0.3, -0.25) is 4.79 Å². The number of hydrogen-bond acceptors (Lipinski definition) is 4. The van der Waals surface area contributed by atoms with Gasteiger partial charge in [0.2, 0.25) is 5.91 Å². The summed E-state index contributed by atoms with van der Waals surface area (Å²) in [5, 5.41) is 21.0. The summed E-state index contributed by atoms with van der Waals surface area (Å²) in [7, 11) is 1.63. The van der Waals surface area contributed by atoms with Crippen molar-refractivity contribution in [2.24, 2.45) is 0 Å². The molecule has 0 aromatic rings. The van der Waals surface area contributed by atoms with E-state index in [1.165, 1.54) is 4.90 Å². The zero-order valence-corrected chi connectivity index (χ0v) is 8.80. The Bertz CT molecular complexity index is 269. The fraction of sp³-hybridized carbons (Fsp3) is 0.778. The number of likely N-dealkylation sites (N-methyl/N-ethyl adjacent to an activating group) is 1. The molecule has 0 bridgehead atoms. The van der Waals surface area contributed by atoms with Crippen LogP contribution in [-0.4, -0.2) is 58.8 Å². The van der Waals surface area contributed by atoms with Crippen molar-refractivity contribution in [2.45, 2.75) is 31.5 Å². The topological polar surface area (TPSA) is 89.9 Å². The smallest absolute Gasteiger partial charge is 0.326 e. The second kappa shape index (κ2) is 4.59. The van der Waals surface area contributed by atoms with Crippen LogP contribution < -0.4 is 5.32 Å². The normalized spacial score (nSPS) is 27.8. The Morgan fingerprint density at radius 2 is 2.13 bits per heavy atom. The van der Waals surface area contributed by atoms with Gasteiger partial charge >= 0.3 is 5.97 Å². The Morgan fingerprint density at radius 1 is 1.53 bits per heavy atom. The van der Waals surface area contributed by atoms with E-state index in [1.54, 1.807) is 14.0 Å². The molecule has 0 aliphatic carbocycles. The second-order valence-electron chi connectivity index (χ2n) is 3.74. The van der Waals surface area contributed by atoms with Crippen LogP contribution in [0, 0.1) is 0 Å². The number of aliphatic carboxylic acids is 1. The van der Waals surface area contributed by atoms with E-state index in [9.17, 15) is 14.7 Å². The lowest BCUT2D eigenvalue weighted by Crippen LogP contribution is -2.48. The summed E-state index contributed by atoms with van der Waals surface area (Å²) in [4.78, 5) is 23.8. The summed E-state index contributed by atoms with van der Waals surface area (Å²) in [6, 6.07) is -1.33. The van der Waals surface area contributed by atoms with E-state index in [1.807, 2.05) is 0 Å². The molecule has 0 aromatic carbocycles. The van der Waals surface area contributed by atoms with Gasteiger partial charge in [0.15, 0.2) is 0 Å². The molecule has 1 heterocycles. The molecule has 3 atom stereocenters. The molecule has 15 heavy (non-hydrogen) atoms. The van der Waals surface area contributed by atoms with Crippen LogP contribution in [-0.2, 0) is 9.59 Å². The van der Waals surface area contributed by atoms with Gasteiger partial charge in [-0.25, -0.2) is 4.79 Å². The standard InChI is InChI=1S/C9H16N2O4/c1-5(10-2)8(13)11-4-6(12)3-7(11)9(14)15/h5-7,10,12H,3-4H2,1-2H3,(H,14,15)/t5?,6-,7+/m1/s1. The van der Waals surface area contributed by atoms with Crippen LogP contribution in [0.15, 0.2) is 0 Å². The Hall–Kier alpha value is -1.14. The van der Waals surface area contributed by atoms with Crippen molar-refractivity contribution in [1.82, 2.24) is 10.2 Å². The van der Waals surface area contributed by atoms with Crippen molar-refractivity contribution in [2.75, 3.05) is 13.6 Å². The quantitative estimate of drug-likeness (QED) is 0.542. The third-order valence-electron chi connectivity index (χ3n) is 2.65. The number of carbonyl (C=O) groups excluding carboxylic acids is 1. The van der Waals surface area contributed by atoms with Gasteiger partial charge in [0.05, 0.1) is 12.1 Å².